The maximum absolute atomic E-state index is 12.7. The zero-order valence-corrected chi connectivity index (χ0v) is 14.0. The lowest BCUT2D eigenvalue weighted by Gasteiger charge is -2.20. The van der Waals surface area contributed by atoms with Crippen molar-refractivity contribution in [2.24, 2.45) is 0 Å². The van der Waals surface area contributed by atoms with Gasteiger partial charge < -0.3 is 9.47 Å². The number of allylic oxidation sites excluding steroid dienone is 4. The van der Waals surface area contributed by atoms with E-state index < -0.39 is 12.6 Å². The van der Waals surface area contributed by atoms with E-state index in [0.29, 0.717) is 11.1 Å². The third-order valence-corrected chi connectivity index (χ3v) is 3.52. The fourth-order valence-corrected chi connectivity index (χ4v) is 2.38. The average molecular weight is 328 g/mol. The minimum atomic E-state index is -0.578. The van der Waals surface area contributed by atoms with Crippen LogP contribution in [0.25, 0.3) is 0 Å². The van der Waals surface area contributed by atoms with Crippen molar-refractivity contribution >= 4 is 17.5 Å². The summed E-state index contributed by atoms with van der Waals surface area (Å²) in [6, 6.07) is 6.61. The summed E-state index contributed by atoms with van der Waals surface area (Å²) in [6.45, 7) is 5.32. The molecule has 0 spiro atoms. The summed E-state index contributed by atoms with van der Waals surface area (Å²) >= 11 is 0. The second-order valence-electron chi connectivity index (χ2n) is 5.59. The summed E-state index contributed by atoms with van der Waals surface area (Å²) in [5.41, 5.74) is 1.95. The lowest BCUT2D eigenvalue weighted by Crippen LogP contribution is -2.25. The van der Waals surface area contributed by atoms with Gasteiger partial charge in [-0.3, -0.25) is 9.59 Å². The van der Waals surface area contributed by atoms with E-state index in [1.165, 1.54) is 0 Å². The third kappa shape index (κ3) is 3.79. The second-order valence-corrected chi connectivity index (χ2v) is 5.59. The van der Waals surface area contributed by atoms with Crippen LogP contribution in [0.5, 0.6) is 0 Å². The van der Waals surface area contributed by atoms with Gasteiger partial charge in [-0.25, -0.2) is 4.79 Å². The van der Waals surface area contributed by atoms with Gasteiger partial charge in [0.15, 0.2) is 18.1 Å². The maximum atomic E-state index is 12.7. The summed E-state index contributed by atoms with van der Waals surface area (Å²) in [4.78, 5) is 36.9. The molecule has 24 heavy (non-hydrogen) atoms. The van der Waals surface area contributed by atoms with Gasteiger partial charge in [-0.05, 0) is 27.2 Å². The van der Waals surface area contributed by atoms with Gasteiger partial charge >= 0.3 is 5.97 Å². The number of benzene rings is 1. The molecule has 1 aromatic carbocycles. The van der Waals surface area contributed by atoms with Crippen molar-refractivity contribution in [3.05, 3.63) is 58.4 Å². The Kier molecular flexibility index (Phi) is 5.68. The molecular weight excluding hydrogens is 308 g/mol. The lowest BCUT2D eigenvalue weighted by molar-refractivity contribution is -0.146. The van der Waals surface area contributed by atoms with Crippen LogP contribution in [0.1, 0.15) is 47.9 Å². The van der Waals surface area contributed by atoms with Crippen molar-refractivity contribution in [2.75, 3.05) is 13.2 Å². The summed E-state index contributed by atoms with van der Waals surface area (Å²) in [6.07, 6.45) is 2.13. The van der Waals surface area contributed by atoms with Crippen LogP contribution in [0, 0.1) is 0 Å². The van der Waals surface area contributed by atoms with Crippen LogP contribution in [0.3, 0.4) is 0 Å². The Morgan fingerprint density at radius 1 is 1.08 bits per heavy atom. The van der Waals surface area contributed by atoms with Crippen LogP contribution in [0.15, 0.2) is 47.2 Å². The highest BCUT2D eigenvalue weighted by Gasteiger charge is 2.33. The molecule has 0 N–H and O–H groups in total. The Morgan fingerprint density at radius 3 is 2.29 bits per heavy atom. The van der Waals surface area contributed by atoms with Gasteiger partial charge in [0.25, 0.3) is 0 Å². The Balaban J connectivity index is 2.39. The van der Waals surface area contributed by atoms with Gasteiger partial charge in [0.2, 0.25) is 5.78 Å². The first-order chi connectivity index (χ1) is 11.5. The standard InChI is InChI=1S/C19H20O5/c1-4-23-16(20)11-24-19-15(10-9-12(2)3)17(21)13-7-5-6-8-14(13)18(19)22/h5-9H,4,10-11H2,1-3H3. The van der Waals surface area contributed by atoms with Crippen molar-refractivity contribution in [1.29, 1.82) is 0 Å². The Morgan fingerprint density at radius 2 is 1.71 bits per heavy atom. The summed E-state index contributed by atoms with van der Waals surface area (Å²) in [5.74, 6) is -1.27. The molecule has 0 aromatic heterocycles. The van der Waals surface area contributed by atoms with Crippen molar-refractivity contribution < 1.29 is 23.9 Å². The number of hydrogen-bond acceptors (Lipinski definition) is 5. The van der Waals surface area contributed by atoms with E-state index in [1.807, 2.05) is 19.9 Å². The fraction of sp³-hybridized carbons (Fsp3) is 0.316. The number of Topliss-reactive ketones (excluding diaryl/α,β-unsaturated/α-hetero) is 2. The van der Waals surface area contributed by atoms with Crippen LogP contribution < -0.4 is 0 Å². The molecule has 0 aliphatic heterocycles. The van der Waals surface area contributed by atoms with Crippen molar-refractivity contribution in [3.8, 4) is 0 Å². The van der Waals surface area contributed by atoms with E-state index in [-0.39, 0.29) is 35.9 Å². The Labute approximate surface area is 141 Å². The molecule has 2 rings (SSSR count). The first-order valence-electron chi connectivity index (χ1n) is 7.79. The van der Waals surface area contributed by atoms with E-state index >= 15 is 0 Å². The van der Waals surface area contributed by atoms with E-state index in [4.69, 9.17) is 9.47 Å². The highest BCUT2D eigenvalue weighted by molar-refractivity contribution is 6.26. The van der Waals surface area contributed by atoms with Crippen LogP contribution in [-0.4, -0.2) is 30.7 Å². The number of rotatable bonds is 6. The van der Waals surface area contributed by atoms with Gasteiger partial charge in [0.1, 0.15) is 0 Å². The molecule has 1 aliphatic carbocycles. The monoisotopic (exact) mass is 328 g/mol. The van der Waals surface area contributed by atoms with Crippen LogP contribution in [0.4, 0.5) is 0 Å². The number of esters is 1. The molecule has 0 saturated heterocycles. The van der Waals surface area contributed by atoms with Gasteiger partial charge in [-0.1, -0.05) is 35.9 Å². The Hall–Kier alpha value is -2.69. The van der Waals surface area contributed by atoms with Crippen LogP contribution >= 0.6 is 0 Å². The number of carbonyl (C=O) groups excluding carboxylic acids is 3. The fourth-order valence-electron chi connectivity index (χ4n) is 2.38. The highest BCUT2D eigenvalue weighted by atomic mass is 16.6. The van der Waals surface area contributed by atoms with Gasteiger partial charge in [-0.2, -0.15) is 0 Å². The maximum Gasteiger partial charge on any atom is 0.344 e. The van der Waals surface area contributed by atoms with Gasteiger partial charge in [0, 0.05) is 11.1 Å². The molecule has 0 bridgehead atoms. The lowest BCUT2D eigenvalue weighted by atomic mass is 9.86. The molecule has 0 heterocycles. The topological polar surface area (TPSA) is 69.7 Å². The van der Waals surface area contributed by atoms with E-state index in [2.05, 4.69) is 0 Å². The summed E-state index contributed by atoms with van der Waals surface area (Å²) in [5, 5.41) is 0. The van der Waals surface area contributed by atoms with E-state index in [0.717, 1.165) is 5.57 Å². The SMILES string of the molecule is CCOC(=O)COC1=C(CC=C(C)C)C(=O)c2ccccc2C1=O. The molecule has 0 amide bonds. The third-order valence-electron chi connectivity index (χ3n) is 3.52. The molecule has 0 atom stereocenters. The van der Waals surface area contributed by atoms with Crippen LogP contribution in [0.2, 0.25) is 0 Å². The molecule has 5 heteroatoms. The first kappa shape index (κ1) is 17.7. The molecule has 5 nitrogen and oxygen atoms in total. The van der Waals surface area contributed by atoms with Crippen molar-refractivity contribution in [3.63, 3.8) is 0 Å². The zero-order chi connectivity index (χ0) is 17.7. The Bertz CT molecular complexity index is 736. The van der Waals surface area contributed by atoms with Crippen LogP contribution in [-0.2, 0) is 14.3 Å². The number of ether oxygens (including phenoxy) is 2. The largest absolute Gasteiger partial charge is 0.477 e. The normalized spacial score (nSPS) is 13.5. The predicted octanol–water partition coefficient (Wildman–Crippen LogP) is 3.26. The van der Waals surface area contributed by atoms with Crippen molar-refractivity contribution in [1.82, 2.24) is 0 Å². The molecular formula is C19H20O5. The average Bonchev–Trinajstić information content (AvgIpc) is 2.56. The van der Waals surface area contributed by atoms with Crippen molar-refractivity contribution in [2.45, 2.75) is 27.2 Å². The second kappa shape index (κ2) is 7.73. The summed E-state index contributed by atoms with van der Waals surface area (Å²) < 4.78 is 10.2. The molecule has 0 unspecified atom stereocenters. The molecule has 1 aromatic rings. The quantitative estimate of drug-likeness (QED) is 0.592. The minimum absolute atomic E-state index is 0.0655. The smallest absolute Gasteiger partial charge is 0.344 e. The first-order valence-corrected chi connectivity index (χ1v) is 7.79. The predicted molar refractivity (Wildman–Crippen MR) is 88.8 cm³/mol. The van der Waals surface area contributed by atoms with E-state index in [1.54, 1.807) is 31.2 Å². The number of fused-ring (bicyclic) bond motifs is 1. The van der Waals surface area contributed by atoms with Gasteiger partial charge in [0.05, 0.1) is 12.2 Å². The number of ketones is 2. The zero-order valence-electron chi connectivity index (χ0n) is 14.0. The molecule has 0 fully saturated rings. The number of carbonyl (C=O) groups is 3. The van der Waals surface area contributed by atoms with E-state index in [9.17, 15) is 14.4 Å². The molecule has 1 aliphatic rings. The molecule has 126 valence electrons. The van der Waals surface area contributed by atoms with Gasteiger partial charge in [-0.15, -0.1) is 0 Å². The number of hydrogen-bond donors (Lipinski definition) is 0. The molecule has 0 radical (unpaired) electrons. The summed E-state index contributed by atoms with van der Waals surface area (Å²) in [7, 11) is 0. The minimum Gasteiger partial charge on any atom is -0.477 e. The highest BCUT2D eigenvalue weighted by Crippen LogP contribution is 2.29. The molecule has 0 saturated carbocycles.